The summed E-state index contributed by atoms with van der Waals surface area (Å²) < 4.78 is 0. The van der Waals surface area contributed by atoms with Gasteiger partial charge in [0.05, 0.1) is 23.0 Å². The van der Waals surface area contributed by atoms with Gasteiger partial charge < -0.3 is 11.1 Å². The SMILES string of the molecule is Nc1ccccc1C(=O)Nc1cccc2[nH]ncc12. The maximum absolute atomic E-state index is 12.2. The average Bonchev–Trinajstić information content (AvgIpc) is 2.88. The first kappa shape index (κ1) is 11.3. The molecule has 5 heteroatoms. The zero-order valence-electron chi connectivity index (χ0n) is 10.1. The number of nitrogens with zero attached hydrogens (tertiary/aromatic N) is 1. The number of para-hydroxylation sites is 1. The number of amides is 1. The van der Waals surface area contributed by atoms with Crippen molar-refractivity contribution in [2.24, 2.45) is 0 Å². The number of carbonyl (C=O) groups is 1. The molecule has 0 aliphatic rings. The standard InChI is InChI=1S/C14H12N4O/c15-11-5-2-1-4-9(11)14(19)17-12-6-3-7-13-10(12)8-16-18-13/h1-8H,15H2,(H,16,18)(H,17,19). The van der Waals surface area contributed by atoms with Gasteiger partial charge >= 0.3 is 0 Å². The van der Waals surface area contributed by atoms with Crippen molar-refractivity contribution in [1.29, 1.82) is 0 Å². The molecule has 1 heterocycles. The third kappa shape index (κ3) is 2.01. The first-order chi connectivity index (χ1) is 9.25. The van der Waals surface area contributed by atoms with Gasteiger partial charge in [-0.15, -0.1) is 0 Å². The van der Waals surface area contributed by atoms with E-state index < -0.39 is 0 Å². The van der Waals surface area contributed by atoms with Gasteiger partial charge in [0.1, 0.15) is 0 Å². The number of anilines is 2. The normalized spacial score (nSPS) is 10.5. The van der Waals surface area contributed by atoms with Crippen LogP contribution in [0.4, 0.5) is 11.4 Å². The highest BCUT2D eigenvalue weighted by atomic mass is 16.1. The fraction of sp³-hybridized carbons (Fsp3) is 0. The minimum absolute atomic E-state index is 0.230. The summed E-state index contributed by atoms with van der Waals surface area (Å²) in [6.07, 6.45) is 1.68. The molecule has 1 amide bonds. The van der Waals surface area contributed by atoms with Crippen LogP contribution in [0.15, 0.2) is 48.7 Å². The van der Waals surface area contributed by atoms with Gasteiger partial charge in [0, 0.05) is 11.1 Å². The molecule has 1 aromatic heterocycles. The molecule has 0 saturated heterocycles. The Labute approximate surface area is 109 Å². The number of rotatable bonds is 2. The lowest BCUT2D eigenvalue weighted by atomic mass is 10.1. The van der Waals surface area contributed by atoms with Gasteiger partial charge in [-0.1, -0.05) is 18.2 Å². The van der Waals surface area contributed by atoms with Crippen LogP contribution in [0, 0.1) is 0 Å². The highest BCUT2D eigenvalue weighted by molar-refractivity contribution is 6.11. The van der Waals surface area contributed by atoms with Gasteiger partial charge in [-0.3, -0.25) is 9.89 Å². The third-order valence-electron chi connectivity index (χ3n) is 2.94. The summed E-state index contributed by atoms with van der Waals surface area (Å²) in [5.41, 5.74) is 8.29. The first-order valence-corrected chi connectivity index (χ1v) is 5.83. The number of nitrogens with two attached hydrogens (primary N) is 1. The highest BCUT2D eigenvalue weighted by Gasteiger charge is 2.11. The fourth-order valence-electron chi connectivity index (χ4n) is 1.97. The summed E-state index contributed by atoms with van der Waals surface area (Å²) in [5.74, 6) is -0.230. The van der Waals surface area contributed by atoms with Crippen LogP contribution in [-0.2, 0) is 0 Å². The minimum Gasteiger partial charge on any atom is -0.398 e. The molecule has 0 unspecified atom stereocenters. The quantitative estimate of drug-likeness (QED) is 0.612. The molecule has 0 fully saturated rings. The Morgan fingerprint density at radius 2 is 2.00 bits per heavy atom. The van der Waals surface area contributed by atoms with Crippen molar-refractivity contribution in [3.63, 3.8) is 0 Å². The van der Waals surface area contributed by atoms with Crippen LogP contribution >= 0.6 is 0 Å². The molecule has 0 spiro atoms. The van der Waals surface area contributed by atoms with Crippen LogP contribution in [0.1, 0.15) is 10.4 Å². The zero-order valence-corrected chi connectivity index (χ0v) is 10.1. The van der Waals surface area contributed by atoms with E-state index in [-0.39, 0.29) is 5.91 Å². The zero-order chi connectivity index (χ0) is 13.2. The van der Waals surface area contributed by atoms with E-state index in [1.165, 1.54) is 0 Å². The Hall–Kier alpha value is -2.82. The van der Waals surface area contributed by atoms with Crippen LogP contribution in [0.3, 0.4) is 0 Å². The minimum atomic E-state index is -0.230. The lowest BCUT2D eigenvalue weighted by molar-refractivity contribution is 0.102. The molecule has 19 heavy (non-hydrogen) atoms. The van der Waals surface area contributed by atoms with Crippen molar-refractivity contribution in [3.05, 3.63) is 54.2 Å². The Bertz CT molecular complexity index is 748. The predicted octanol–water partition coefficient (Wildman–Crippen LogP) is 2.40. The topological polar surface area (TPSA) is 83.8 Å². The number of aromatic amines is 1. The number of H-pyrrole nitrogens is 1. The molecule has 0 bridgehead atoms. The van der Waals surface area contributed by atoms with Crippen LogP contribution in [0.5, 0.6) is 0 Å². The van der Waals surface area contributed by atoms with Crippen molar-refractivity contribution in [2.45, 2.75) is 0 Å². The maximum Gasteiger partial charge on any atom is 0.257 e. The molecule has 3 aromatic rings. The van der Waals surface area contributed by atoms with Gasteiger partial charge in [0.2, 0.25) is 0 Å². The molecule has 4 N–H and O–H groups in total. The smallest absolute Gasteiger partial charge is 0.257 e. The van der Waals surface area contributed by atoms with E-state index in [4.69, 9.17) is 5.73 Å². The molecular weight excluding hydrogens is 240 g/mol. The second-order valence-electron chi connectivity index (χ2n) is 4.18. The number of aromatic nitrogens is 2. The van der Waals surface area contributed by atoms with Crippen molar-refractivity contribution >= 4 is 28.2 Å². The van der Waals surface area contributed by atoms with E-state index >= 15 is 0 Å². The molecule has 94 valence electrons. The number of hydrogen-bond donors (Lipinski definition) is 3. The monoisotopic (exact) mass is 252 g/mol. The van der Waals surface area contributed by atoms with Gasteiger partial charge in [-0.25, -0.2) is 0 Å². The van der Waals surface area contributed by atoms with E-state index in [2.05, 4.69) is 15.5 Å². The number of fused-ring (bicyclic) bond motifs is 1. The molecule has 2 aromatic carbocycles. The molecular formula is C14H12N4O. The summed E-state index contributed by atoms with van der Waals surface area (Å²) in [7, 11) is 0. The van der Waals surface area contributed by atoms with Gasteiger partial charge in [-0.05, 0) is 24.3 Å². The molecule has 0 saturated carbocycles. The predicted molar refractivity (Wildman–Crippen MR) is 74.9 cm³/mol. The largest absolute Gasteiger partial charge is 0.398 e. The Morgan fingerprint density at radius 1 is 1.16 bits per heavy atom. The molecule has 0 aliphatic heterocycles. The lowest BCUT2D eigenvalue weighted by Crippen LogP contribution is -2.13. The van der Waals surface area contributed by atoms with E-state index in [9.17, 15) is 4.79 Å². The van der Waals surface area contributed by atoms with Crippen LogP contribution in [0.25, 0.3) is 10.9 Å². The number of benzene rings is 2. The Morgan fingerprint density at radius 3 is 2.84 bits per heavy atom. The summed E-state index contributed by atoms with van der Waals surface area (Å²) in [6.45, 7) is 0. The summed E-state index contributed by atoms with van der Waals surface area (Å²) in [4.78, 5) is 12.2. The second kappa shape index (κ2) is 4.45. The van der Waals surface area contributed by atoms with Crippen molar-refractivity contribution in [3.8, 4) is 0 Å². The Kier molecular flexibility index (Phi) is 2.64. The van der Waals surface area contributed by atoms with E-state index in [1.807, 2.05) is 18.2 Å². The van der Waals surface area contributed by atoms with Crippen LogP contribution in [0.2, 0.25) is 0 Å². The molecule has 3 rings (SSSR count). The van der Waals surface area contributed by atoms with E-state index in [0.29, 0.717) is 16.9 Å². The number of hydrogen-bond acceptors (Lipinski definition) is 3. The highest BCUT2D eigenvalue weighted by Crippen LogP contribution is 2.22. The molecule has 0 radical (unpaired) electrons. The summed E-state index contributed by atoms with van der Waals surface area (Å²) in [5, 5.41) is 10.5. The maximum atomic E-state index is 12.2. The van der Waals surface area contributed by atoms with Gasteiger partial charge in [-0.2, -0.15) is 5.10 Å². The van der Waals surface area contributed by atoms with Crippen molar-refractivity contribution < 1.29 is 4.79 Å². The molecule has 0 aliphatic carbocycles. The number of nitrogens with one attached hydrogen (secondary N) is 2. The summed E-state index contributed by atoms with van der Waals surface area (Å²) >= 11 is 0. The lowest BCUT2D eigenvalue weighted by Gasteiger charge is -2.08. The van der Waals surface area contributed by atoms with Gasteiger partial charge in [0.15, 0.2) is 0 Å². The van der Waals surface area contributed by atoms with Crippen LogP contribution < -0.4 is 11.1 Å². The summed E-state index contributed by atoms with van der Waals surface area (Å²) in [6, 6.07) is 12.5. The third-order valence-corrected chi connectivity index (χ3v) is 2.94. The number of nitrogen functional groups attached to an aromatic ring is 1. The Balaban J connectivity index is 1.95. The first-order valence-electron chi connectivity index (χ1n) is 5.83. The van der Waals surface area contributed by atoms with Gasteiger partial charge in [0.25, 0.3) is 5.91 Å². The fourth-order valence-corrected chi connectivity index (χ4v) is 1.97. The average molecular weight is 252 g/mol. The van der Waals surface area contributed by atoms with Crippen molar-refractivity contribution in [1.82, 2.24) is 10.2 Å². The van der Waals surface area contributed by atoms with E-state index in [0.717, 1.165) is 10.9 Å². The van der Waals surface area contributed by atoms with E-state index in [1.54, 1.807) is 30.5 Å². The second-order valence-corrected chi connectivity index (χ2v) is 4.18. The molecule has 0 atom stereocenters. The molecule has 5 nitrogen and oxygen atoms in total. The number of carbonyl (C=O) groups excluding carboxylic acids is 1. The van der Waals surface area contributed by atoms with Crippen molar-refractivity contribution in [2.75, 3.05) is 11.1 Å². The van der Waals surface area contributed by atoms with Crippen LogP contribution in [-0.4, -0.2) is 16.1 Å².